The molecule has 1 aromatic carbocycles. The lowest BCUT2D eigenvalue weighted by molar-refractivity contribution is 0.103. The van der Waals surface area contributed by atoms with Crippen molar-refractivity contribution in [1.82, 2.24) is 4.90 Å². The third-order valence-corrected chi connectivity index (χ3v) is 3.38. The van der Waals surface area contributed by atoms with E-state index in [-0.39, 0.29) is 6.10 Å². The van der Waals surface area contributed by atoms with Crippen LogP contribution in [0.5, 0.6) is 5.75 Å². The Morgan fingerprint density at radius 1 is 1.20 bits per heavy atom. The van der Waals surface area contributed by atoms with Crippen molar-refractivity contribution in [2.45, 2.75) is 32.5 Å². The first-order valence-corrected chi connectivity index (χ1v) is 7.40. The van der Waals surface area contributed by atoms with Crippen LogP contribution in [0.25, 0.3) is 0 Å². The molecule has 1 heterocycles. The van der Waals surface area contributed by atoms with Gasteiger partial charge in [-0.3, -0.25) is 4.90 Å². The van der Waals surface area contributed by atoms with Crippen LogP contribution in [-0.2, 0) is 4.74 Å². The molecule has 1 fully saturated rings. The third-order valence-electron chi connectivity index (χ3n) is 3.38. The number of ether oxygens (including phenoxy) is 2. The summed E-state index contributed by atoms with van der Waals surface area (Å²) in [4.78, 5) is 2.26. The van der Waals surface area contributed by atoms with Gasteiger partial charge in [-0.1, -0.05) is 12.1 Å². The predicted octanol–water partition coefficient (Wildman–Crippen LogP) is 2.23. The van der Waals surface area contributed by atoms with E-state index in [0.29, 0.717) is 6.54 Å². The number of rotatable bonds is 5. The van der Waals surface area contributed by atoms with Crippen LogP contribution in [0.2, 0.25) is 0 Å². The van der Waals surface area contributed by atoms with Crippen molar-refractivity contribution >= 4 is 0 Å². The summed E-state index contributed by atoms with van der Waals surface area (Å²) in [5.41, 5.74) is 0.936. The van der Waals surface area contributed by atoms with Crippen molar-refractivity contribution in [3.05, 3.63) is 29.8 Å². The van der Waals surface area contributed by atoms with Gasteiger partial charge in [-0.25, -0.2) is 0 Å². The summed E-state index contributed by atoms with van der Waals surface area (Å²) in [7, 11) is 0. The lowest BCUT2D eigenvalue weighted by Gasteiger charge is -2.23. The first-order chi connectivity index (χ1) is 9.65. The zero-order chi connectivity index (χ0) is 14.4. The van der Waals surface area contributed by atoms with Gasteiger partial charge in [-0.05, 0) is 38.0 Å². The van der Waals surface area contributed by atoms with Crippen LogP contribution >= 0.6 is 0 Å². The van der Waals surface area contributed by atoms with Gasteiger partial charge in [-0.15, -0.1) is 0 Å². The summed E-state index contributed by atoms with van der Waals surface area (Å²) in [6.45, 7) is 8.14. The maximum absolute atomic E-state index is 10.3. The first kappa shape index (κ1) is 15.3. The van der Waals surface area contributed by atoms with Crippen molar-refractivity contribution in [3.8, 4) is 5.75 Å². The number of nitrogens with zero attached hydrogens (tertiary/aromatic N) is 1. The smallest absolute Gasteiger partial charge is 0.119 e. The Hall–Kier alpha value is -1.10. The molecule has 0 aromatic heterocycles. The molecule has 0 amide bonds. The van der Waals surface area contributed by atoms with Gasteiger partial charge < -0.3 is 14.6 Å². The van der Waals surface area contributed by atoms with E-state index in [1.807, 2.05) is 38.1 Å². The molecule has 20 heavy (non-hydrogen) atoms. The highest BCUT2D eigenvalue weighted by molar-refractivity contribution is 5.28. The van der Waals surface area contributed by atoms with Crippen LogP contribution in [0.1, 0.15) is 31.9 Å². The fourth-order valence-corrected chi connectivity index (χ4v) is 2.37. The minimum atomic E-state index is -0.457. The second kappa shape index (κ2) is 7.62. The van der Waals surface area contributed by atoms with E-state index in [1.54, 1.807) is 0 Å². The number of hydrogen-bond donors (Lipinski definition) is 1. The molecule has 0 aliphatic carbocycles. The predicted molar refractivity (Wildman–Crippen MR) is 79.0 cm³/mol. The Kier molecular flexibility index (Phi) is 5.83. The molecular weight excluding hydrogens is 254 g/mol. The molecule has 1 atom stereocenters. The fourth-order valence-electron chi connectivity index (χ4n) is 2.37. The van der Waals surface area contributed by atoms with Crippen LogP contribution in [-0.4, -0.2) is 49.0 Å². The number of β-amino-alcohol motifs (C(OH)–C–C–N with tert-alkyl or cyclic N) is 1. The summed E-state index contributed by atoms with van der Waals surface area (Å²) in [5, 5.41) is 10.3. The van der Waals surface area contributed by atoms with Gasteiger partial charge in [0.2, 0.25) is 0 Å². The molecule has 4 nitrogen and oxygen atoms in total. The Balaban J connectivity index is 1.89. The van der Waals surface area contributed by atoms with E-state index in [0.717, 1.165) is 44.0 Å². The Bertz CT molecular complexity index is 383. The molecule has 0 saturated carbocycles. The summed E-state index contributed by atoms with van der Waals surface area (Å²) in [6.07, 6.45) is 0.748. The second-order valence-electron chi connectivity index (χ2n) is 5.52. The van der Waals surface area contributed by atoms with Gasteiger partial charge in [0.25, 0.3) is 0 Å². The Labute approximate surface area is 121 Å². The molecular formula is C16H25NO3. The van der Waals surface area contributed by atoms with E-state index in [1.165, 1.54) is 0 Å². The highest BCUT2D eigenvalue weighted by Crippen LogP contribution is 2.20. The Morgan fingerprint density at radius 3 is 2.65 bits per heavy atom. The second-order valence-corrected chi connectivity index (χ2v) is 5.52. The van der Waals surface area contributed by atoms with Crippen molar-refractivity contribution < 1.29 is 14.6 Å². The molecule has 1 aliphatic rings. The normalized spacial score (nSPS) is 18.8. The standard InChI is InChI=1S/C16H25NO3/c1-13(2)20-15-6-4-14(5-7-15)16(18)12-17-8-3-10-19-11-9-17/h4-7,13,16,18H,3,8-12H2,1-2H3. The molecule has 1 N–H and O–H groups in total. The van der Waals surface area contributed by atoms with Gasteiger partial charge in [0, 0.05) is 26.2 Å². The minimum Gasteiger partial charge on any atom is -0.491 e. The number of hydrogen-bond acceptors (Lipinski definition) is 4. The van der Waals surface area contributed by atoms with Gasteiger partial charge in [-0.2, -0.15) is 0 Å². The third kappa shape index (κ3) is 4.78. The van der Waals surface area contributed by atoms with Gasteiger partial charge in [0.05, 0.1) is 18.8 Å². The maximum Gasteiger partial charge on any atom is 0.119 e. The van der Waals surface area contributed by atoms with E-state index >= 15 is 0 Å². The lowest BCUT2D eigenvalue weighted by Crippen LogP contribution is -2.31. The summed E-state index contributed by atoms with van der Waals surface area (Å²) >= 11 is 0. The monoisotopic (exact) mass is 279 g/mol. The SMILES string of the molecule is CC(C)Oc1ccc(C(O)CN2CCCOCC2)cc1. The fraction of sp³-hybridized carbons (Fsp3) is 0.625. The van der Waals surface area contributed by atoms with Crippen LogP contribution in [0.4, 0.5) is 0 Å². The molecule has 1 saturated heterocycles. The maximum atomic E-state index is 10.3. The average Bonchev–Trinajstić information content (AvgIpc) is 2.67. The first-order valence-electron chi connectivity index (χ1n) is 7.40. The topological polar surface area (TPSA) is 41.9 Å². The quantitative estimate of drug-likeness (QED) is 0.897. The minimum absolute atomic E-state index is 0.169. The largest absolute Gasteiger partial charge is 0.491 e. The summed E-state index contributed by atoms with van der Waals surface area (Å²) in [6, 6.07) is 7.72. The van der Waals surface area contributed by atoms with Gasteiger partial charge >= 0.3 is 0 Å². The number of aliphatic hydroxyl groups is 1. The molecule has 0 radical (unpaired) electrons. The van der Waals surface area contributed by atoms with Crippen LogP contribution in [0, 0.1) is 0 Å². The van der Waals surface area contributed by atoms with Crippen molar-refractivity contribution in [2.24, 2.45) is 0 Å². The van der Waals surface area contributed by atoms with Crippen LogP contribution in [0.15, 0.2) is 24.3 Å². The molecule has 1 aliphatic heterocycles. The zero-order valence-corrected chi connectivity index (χ0v) is 12.4. The molecule has 1 unspecified atom stereocenters. The summed E-state index contributed by atoms with van der Waals surface area (Å²) < 4.78 is 11.0. The highest BCUT2D eigenvalue weighted by Gasteiger charge is 2.15. The van der Waals surface area contributed by atoms with Crippen LogP contribution < -0.4 is 4.74 Å². The van der Waals surface area contributed by atoms with Crippen molar-refractivity contribution in [1.29, 1.82) is 0 Å². The number of benzene rings is 1. The van der Waals surface area contributed by atoms with E-state index in [4.69, 9.17) is 9.47 Å². The van der Waals surface area contributed by atoms with Gasteiger partial charge in [0.1, 0.15) is 5.75 Å². The van der Waals surface area contributed by atoms with E-state index < -0.39 is 6.10 Å². The highest BCUT2D eigenvalue weighted by atomic mass is 16.5. The van der Waals surface area contributed by atoms with Crippen LogP contribution in [0.3, 0.4) is 0 Å². The molecule has 2 rings (SSSR count). The number of aliphatic hydroxyl groups excluding tert-OH is 1. The molecule has 1 aromatic rings. The van der Waals surface area contributed by atoms with Crippen molar-refractivity contribution in [3.63, 3.8) is 0 Å². The molecule has 0 spiro atoms. The zero-order valence-electron chi connectivity index (χ0n) is 12.4. The summed E-state index contributed by atoms with van der Waals surface area (Å²) in [5.74, 6) is 0.846. The molecule has 112 valence electrons. The van der Waals surface area contributed by atoms with E-state index in [9.17, 15) is 5.11 Å². The molecule has 0 bridgehead atoms. The molecule has 4 heteroatoms. The van der Waals surface area contributed by atoms with Crippen molar-refractivity contribution in [2.75, 3.05) is 32.8 Å². The Morgan fingerprint density at radius 2 is 1.95 bits per heavy atom. The van der Waals surface area contributed by atoms with E-state index in [2.05, 4.69) is 4.90 Å². The van der Waals surface area contributed by atoms with Gasteiger partial charge in [0.15, 0.2) is 0 Å². The lowest BCUT2D eigenvalue weighted by atomic mass is 10.1. The average molecular weight is 279 g/mol.